The number of nitrogens with one attached hydrogen (secondary N) is 1. The standard InChI is InChI=1S/C12H14N2O/c13-8-3-4-10-9(7-8)12(11(15)14-10)5-1-2-6-12/h3-4,7H,1-2,5-6,13H2,(H,14,15). The third-order valence-corrected chi connectivity index (χ3v) is 3.70. The largest absolute Gasteiger partial charge is 0.399 e. The lowest BCUT2D eigenvalue weighted by Crippen LogP contribution is -2.30. The molecular weight excluding hydrogens is 188 g/mol. The Labute approximate surface area is 88.7 Å². The van der Waals surface area contributed by atoms with Gasteiger partial charge in [0.1, 0.15) is 0 Å². The zero-order valence-corrected chi connectivity index (χ0v) is 8.55. The maximum atomic E-state index is 12.0. The van der Waals surface area contributed by atoms with Gasteiger partial charge < -0.3 is 11.1 Å². The summed E-state index contributed by atoms with van der Waals surface area (Å²) in [5, 5.41) is 2.96. The van der Waals surface area contributed by atoms with Crippen LogP contribution in [0.15, 0.2) is 18.2 Å². The molecule has 0 bridgehead atoms. The first-order valence-corrected chi connectivity index (χ1v) is 5.44. The van der Waals surface area contributed by atoms with Gasteiger partial charge in [-0.2, -0.15) is 0 Å². The van der Waals surface area contributed by atoms with Gasteiger partial charge in [0.2, 0.25) is 5.91 Å². The smallest absolute Gasteiger partial charge is 0.235 e. The molecule has 3 nitrogen and oxygen atoms in total. The Hall–Kier alpha value is -1.51. The van der Waals surface area contributed by atoms with Crippen LogP contribution in [0.5, 0.6) is 0 Å². The minimum Gasteiger partial charge on any atom is -0.399 e. The van der Waals surface area contributed by atoms with E-state index >= 15 is 0 Å². The highest BCUT2D eigenvalue weighted by Crippen LogP contribution is 2.49. The van der Waals surface area contributed by atoms with Crippen molar-refractivity contribution in [3.8, 4) is 0 Å². The van der Waals surface area contributed by atoms with Gasteiger partial charge in [-0.05, 0) is 36.6 Å². The Morgan fingerprint density at radius 3 is 2.73 bits per heavy atom. The van der Waals surface area contributed by atoms with E-state index in [1.807, 2.05) is 18.2 Å². The third kappa shape index (κ3) is 1.03. The lowest BCUT2D eigenvalue weighted by Gasteiger charge is -2.20. The van der Waals surface area contributed by atoms with Crippen LogP contribution in [0.2, 0.25) is 0 Å². The molecule has 0 radical (unpaired) electrons. The van der Waals surface area contributed by atoms with Crippen molar-refractivity contribution in [2.45, 2.75) is 31.1 Å². The molecule has 78 valence electrons. The molecule has 2 aliphatic rings. The van der Waals surface area contributed by atoms with E-state index in [0.717, 1.165) is 42.6 Å². The van der Waals surface area contributed by atoms with E-state index in [9.17, 15) is 4.79 Å². The van der Waals surface area contributed by atoms with Crippen molar-refractivity contribution in [3.63, 3.8) is 0 Å². The van der Waals surface area contributed by atoms with E-state index < -0.39 is 0 Å². The first-order valence-electron chi connectivity index (χ1n) is 5.44. The van der Waals surface area contributed by atoms with Crippen molar-refractivity contribution in [1.29, 1.82) is 0 Å². The van der Waals surface area contributed by atoms with Crippen molar-refractivity contribution in [1.82, 2.24) is 0 Å². The Morgan fingerprint density at radius 1 is 1.27 bits per heavy atom. The van der Waals surface area contributed by atoms with Crippen LogP contribution in [0.25, 0.3) is 0 Å². The van der Waals surface area contributed by atoms with Crippen molar-refractivity contribution < 1.29 is 4.79 Å². The summed E-state index contributed by atoms with van der Waals surface area (Å²) in [6.45, 7) is 0. The molecule has 1 fully saturated rings. The fourth-order valence-electron chi connectivity index (χ4n) is 2.91. The molecule has 1 amide bonds. The van der Waals surface area contributed by atoms with Crippen LogP contribution in [0, 0.1) is 0 Å². The average Bonchev–Trinajstić information content (AvgIpc) is 2.78. The lowest BCUT2D eigenvalue weighted by molar-refractivity contribution is -0.120. The Bertz CT molecular complexity index is 433. The summed E-state index contributed by atoms with van der Waals surface area (Å²) in [7, 11) is 0. The maximum absolute atomic E-state index is 12.0. The number of anilines is 2. The number of hydrogen-bond donors (Lipinski definition) is 2. The Kier molecular flexibility index (Phi) is 1.61. The van der Waals surface area contributed by atoms with Crippen LogP contribution >= 0.6 is 0 Å². The first kappa shape index (κ1) is 8.77. The van der Waals surface area contributed by atoms with Gasteiger partial charge >= 0.3 is 0 Å². The second-order valence-corrected chi connectivity index (χ2v) is 4.55. The van der Waals surface area contributed by atoms with E-state index in [4.69, 9.17) is 5.73 Å². The number of carbonyl (C=O) groups is 1. The zero-order chi connectivity index (χ0) is 10.5. The van der Waals surface area contributed by atoms with Crippen LogP contribution < -0.4 is 11.1 Å². The Balaban J connectivity index is 2.19. The second-order valence-electron chi connectivity index (χ2n) is 4.55. The second kappa shape index (κ2) is 2.75. The van der Waals surface area contributed by atoms with Crippen molar-refractivity contribution >= 4 is 17.3 Å². The molecule has 0 unspecified atom stereocenters. The maximum Gasteiger partial charge on any atom is 0.235 e. The number of benzene rings is 1. The first-order chi connectivity index (χ1) is 7.22. The number of hydrogen-bond acceptors (Lipinski definition) is 2. The van der Waals surface area contributed by atoms with Crippen LogP contribution in [0.3, 0.4) is 0 Å². The molecule has 1 heterocycles. The predicted octanol–water partition coefficient (Wildman–Crippen LogP) is 2.03. The van der Waals surface area contributed by atoms with Gasteiger partial charge in [-0.3, -0.25) is 4.79 Å². The highest BCUT2D eigenvalue weighted by molar-refractivity contribution is 6.06. The number of carbonyl (C=O) groups excluding carboxylic acids is 1. The molecular formula is C12H14N2O. The lowest BCUT2D eigenvalue weighted by atomic mass is 9.80. The van der Waals surface area contributed by atoms with Crippen LogP contribution in [0.4, 0.5) is 11.4 Å². The van der Waals surface area contributed by atoms with Gasteiger partial charge in [-0.1, -0.05) is 12.8 Å². The van der Waals surface area contributed by atoms with Crippen LogP contribution in [0.1, 0.15) is 31.2 Å². The molecule has 0 saturated heterocycles. The van der Waals surface area contributed by atoms with E-state index in [2.05, 4.69) is 5.32 Å². The predicted molar refractivity (Wildman–Crippen MR) is 59.6 cm³/mol. The number of nitrogen functional groups attached to an aromatic ring is 1. The van der Waals surface area contributed by atoms with Crippen LogP contribution in [-0.4, -0.2) is 5.91 Å². The number of fused-ring (bicyclic) bond motifs is 2. The summed E-state index contributed by atoms with van der Waals surface area (Å²) < 4.78 is 0. The van der Waals surface area contributed by atoms with Crippen molar-refractivity contribution in [3.05, 3.63) is 23.8 Å². The van der Waals surface area contributed by atoms with Crippen LogP contribution in [-0.2, 0) is 10.2 Å². The van der Waals surface area contributed by atoms with Gasteiger partial charge in [-0.15, -0.1) is 0 Å². The van der Waals surface area contributed by atoms with E-state index in [0.29, 0.717) is 0 Å². The molecule has 3 heteroatoms. The summed E-state index contributed by atoms with van der Waals surface area (Å²) >= 11 is 0. The SMILES string of the molecule is Nc1ccc2c(c1)C1(CCCC1)C(=O)N2. The highest BCUT2D eigenvalue weighted by atomic mass is 16.2. The highest BCUT2D eigenvalue weighted by Gasteiger charge is 2.48. The minimum atomic E-state index is -0.259. The van der Waals surface area contributed by atoms with Crippen molar-refractivity contribution in [2.24, 2.45) is 0 Å². The monoisotopic (exact) mass is 202 g/mol. The minimum absolute atomic E-state index is 0.167. The summed E-state index contributed by atoms with van der Waals surface area (Å²) in [4.78, 5) is 12.0. The van der Waals surface area contributed by atoms with Crippen molar-refractivity contribution in [2.75, 3.05) is 11.1 Å². The molecule has 0 atom stereocenters. The molecule has 3 N–H and O–H groups in total. The third-order valence-electron chi connectivity index (χ3n) is 3.70. The molecule has 15 heavy (non-hydrogen) atoms. The summed E-state index contributed by atoms with van der Waals surface area (Å²) in [6, 6.07) is 5.71. The normalized spacial score (nSPS) is 21.7. The van der Waals surface area contributed by atoms with Gasteiger partial charge in [0.25, 0.3) is 0 Å². The summed E-state index contributed by atoms with van der Waals surface area (Å²) in [5.74, 6) is 0.167. The summed E-state index contributed by atoms with van der Waals surface area (Å²) in [6.07, 6.45) is 4.22. The average molecular weight is 202 g/mol. The van der Waals surface area contributed by atoms with E-state index in [1.54, 1.807) is 0 Å². The molecule has 3 rings (SSSR count). The van der Waals surface area contributed by atoms with Gasteiger partial charge in [0, 0.05) is 11.4 Å². The molecule has 1 saturated carbocycles. The number of nitrogens with two attached hydrogens (primary N) is 1. The molecule has 1 aliphatic heterocycles. The molecule has 0 aromatic heterocycles. The molecule has 1 aliphatic carbocycles. The number of amides is 1. The van der Waals surface area contributed by atoms with Gasteiger partial charge in [0.15, 0.2) is 0 Å². The fraction of sp³-hybridized carbons (Fsp3) is 0.417. The van der Waals surface area contributed by atoms with Gasteiger partial charge in [-0.25, -0.2) is 0 Å². The van der Waals surface area contributed by atoms with E-state index in [-0.39, 0.29) is 11.3 Å². The summed E-state index contributed by atoms with van der Waals surface area (Å²) in [5.41, 5.74) is 8.35. The zero-order valence-electron chi connectivity index (χ0n) is 8.55. The van der Waals surface area contributed by atoms with Gasteiger partial charge in [0.05, 0.1) is 5.41 Å². The Morgan fingerprint density at radius 2 is 2.00 bits per heavy atom. The molecule has 1 aromatic carbocycles. The number of rotatable bonds is 0. The molecule has 1 aromatic rings. The topological polar surface area (TPSA) is 55.1 Å². The molecule has 1 spiro atoms. The van der Waals surface area contributed by atoms with E-state index in [1.165, 1.54) is 0 Å². The quantitative estimate of drug-likeness (QED) is 0.632. The fourth-order valence-corrected chi connectivity index (χ4v) is 2.91.